The largest absolute Gasteiger partial charge is 0.457 e. The van der Waals surface area contributed by atoms with E-state index in [1.807, 2.05) is 37.3 Å². The minimum atomic E-state index is -0.407. The Labute approximate surface area is 168 Å². The molecule has 0 aliphatic carbocycles. The van der Waals surface area contributed by atoms with Crippen LogP contribution in [0.25, 0.3) is 11.0 Å². The van der Waals surface area contributed by atoms with Crippen molar-refractivity contribution in [1.82, 2.24) is 14.9 Å². The third-order valence-corrected chi connectivity index (χ3v) is 4.35. The summed E-state index contributed by atoms with van der Waals surface area (Å²) in [5, 5.41) is 3.67. The van der Waals surface area contributed by atoms with Gasteiger partial charge in [0, 0.05) is 24.2 Å². The fourth-order valence-electron chi connectivity index (χ4n) is 2.84. The lowest BCUT2D eigenvalue weighted by Gasteiger charge is -2.11. The average Bonchev–Trinajstić information content (AvgIpc) is 3.01. The molecule has 1 aromatic heterocycles. The van der Waals surface area contributed by atoms with Gasteiger partial charge in [-0.2, -0.15) is 0 Å². The number of fused-ring (bicyclic) bond motifs is 1. The number of nitrogens with one attached hydrogen (secondary N) is 1. The van der Waals surface area contributed by atoms with Crippen molar-refractivity contribution in [3.05, 3.63) is 53.3 Å². The lowest BCUT2D eigenvalue weighted by atomic mass is 10.3. The lowest BCUT2D eigenvalue weighted by molar-refractivity contribution is -0.117. The van der Waals surface area contributed by atoms with Crippen LogP contribution in [0, 0.1) is 0 Å². The van der Waals surface area contributed by atoms with Gasteiger partial charge < -0.3 is 25.1 Å². The molecule has 3 N–H and O–H groups in total. The van der Waals surface area contributed by atoms with Crippen LogP contribution in [0.15, 0.2) is 42.5 Å². The summed E-state index contributed by atoms with van der Waals surface area (Å²) in [5.41, 5.74) is 6.97. The van der Waals surface area contributed by atoms with Crippen LogP contribution in [0.2, 0.25) is 5.02 Å². The first-order valence-electron chi connectivity index (χ1n) is 9.06. The van der Waals surface area contributed by atoms with Crippen molar-refractivity contribution < 1.29 is 14.3 Å². The summed E-state index contributed by atoms with van der Waals surface area (Å²) in [5.74, 6) is 1.80. The van der Waals surface area contributed by atoms with Crippen molar-refractivity contribution in [2.45, 2.75) is 20.0 Å². The molecule has 0 fully saturated rings. The van der Waals surface area contributed by atoms with E-state index in [4.69, 9.17) is 26.8 Å². The number of benzene rings is 2. The maximum Gasteiger partial charge on any atom is 0.231 e. The van der Waals surface area contributed by atoms with E-state index in [-0.39, 0.29) is 6.54 Å². The summed E-state index contributed by atoms with van der Waals surface area (Å²) < 4.78 is 13.5. The zero-order valence-corrected chi connectivity index (χ0v) is 16.4. The molecule has 0 saturated heterocycles. The molecule has 0 aliphatic rings. The van der Waals surface area contributed by atoms with Gasteiger partial charge in [-0.15, -0.1) is 0 Å². The number of amides is 1. The van der Waals surface area contributed by atoms with Crippen LogP contribution >= 0.6 is 11.6 Å². The molecule has 0 spiro atoms. The van der Waals surface area contributed by atoms with Gasteiger partial charge in [0.1, 0.15) is 17.3 Å². The summed E-state index contributed by atoms with van der Waals surface area (Å²) in [7, 11) is 0. The molecule has 8 heteroatoms. The van der Waals surface area contributed by atoms with Gasteiger partial charge in [0.05, 0.1) is 30.7 Å². The Bertz CT molecular complexity index is 941. The van der Waals surface area contributed by atoms with Gasteiger partial charge in [0.25, 0.3) is 0 Å². The van der Waals surface area contributed by atoms with Gasteiger partial charge in [0.2, 0.25) is 5.91 Å². The zero-order chi connectivity index (χ0) is 19.9. The van der Waals surface area contributed by atoms with Crippen LogP contribution in [-0.2, 0) is 22.6 Å². The number of ether oxygens (including phenoxy) is 2. The Kier molecular flexibility index (Phi) is 6.86. The van der Waals surface area contributed by atoms with E-state index < -0.39 is 5.91 Å². The van der Waals surface area contributed by atoms with E-state index >= 15 is 0 Å². The monoisotopic (exact) mass is 402 g/mol. The Balaban J connectivity index is 1.86. The molecule has 3 rings (SSSR count). The second-order valence-corrected chi connectivity index (χ2v) is 6.59. The lowest BCUT2D eigenvalue weighted by Crippen LogP contribution is -2.29. The van der Waals surface area contributed by atoms with Crippen LogP contribution < -0.4 is 15.8 Å². The van der Waals surface area contributed by atoms with Gasteiger partial charge in [-0.1, -0.05) is 11.6 Å². The fourth-order valence-corrected chi connectivity index (χ4v) is 2.96. The minimum absolute atomic E-state index is 0.0968. The summed E-state index contributed by atoms with van der Waals surface area (Å²) in [6, 6.07) is 12.9. The third-order valence-electron chi connectivity index (χ3n) is 4.09. The van der Waals surface area contributed by atoms with Crippen LogP contribution in [0.4, 0.5) is 0 Å². The number of halogens is 1. The predicted octanol–water partition coefficient (Wildman–Crippen LogP) is 3.09. The van der Waals surface area contributed by atoms with E-state index in [9.17, 15) is 4.79 Å². The van der Waals surface area contributed by atoms with Gasteiger partial charge in [-0.05, 0) is 43.3 Å². The van der Waals surface area contributed by atoms with Crippen molar-refractivity contribution in [1.29, 1.82) is 0 Å². The Morgan fingerprint density at radius 1 is 1.21 bits per heavy atom. The fraction of sp³-hybridized carbons (Fsp3) is 0.300. The molecule has 0 atom stereocenters. The highest BCUT2D eigenvalue weighted by molar-refractivity contribution is 6.30. The molecule has 0 bridgehead atoms. The van der Waals surface area contributed by atoms with Gasteiger partial charge >= 0.3 is 0 Å². The minimum Gasteiger partial charge on any atom is -0.457 e. The van der Waals surface area contributed by atoms with Crippen molar-refractivity contribution in [3.8, 4) is 11.5 Å². The molecule has 0 saturated carbocycles. The number of hydrogen-bond acceptors (Lipinski definition) is 5. The number of aromatic nitrogens is 2. The quantitative estimate of drug-likeness (QED) is 0.508. The Morgan fingerprint density at radius 3 is 2.68 bits per heavy atom. The summed E-state index contributed by atoms with van der Waals surface area (Å²) in [6.07, 6.45) is 0. The van der Waals surface area contributed by atoms with Crippen molar-refractivity contribution in [3.63, 3.8) is 0 Å². The normalized spacial score (nSPS) is 11.1. The van der Waals surface area contributed by atoms with E-state index in [0.29, 0.717) is 42.8 Å². The summed E-state index contributed by atoms with van der Waals surface area (Å²) >= 11 is 5.92. The Morgan fingerprint density at radius 2 is 1.96 bits per heavy atom. The number of rotatable bonds is 10. The number of imidazole rings is 1. The van der Waals surface area contributed by atoms with Crippen LogP contribution in [0.3, 0.4) is 0 Å². The average molecular weight is 403 g/mol. The first kappa shape index (κ1) is 20.1. The second kappa shape index (κ2) is 9.54. The number of nitrogens with zero attached hydrogens (tertiary/aromatic N) is 2. The second-order valence-electron chi connectivity index (χ2n) is 6.15. The Hall–Kier alpha value is -2.61. The number of nitrogens with two attached hydrogens (primary N) is 1. The SMILES string of the molecule is CCOCCn1c(CNCC(N)=O)nc2ccc(Oc3ccc(Cl)cc3)cc21. The molecular formula is C20H23ClN4O3. The molecule has 3 aromatic rings. The first-order chi connectivity index (χ1) is 13.6. The first-order valence-corrected chi connectivity index (χ1v) is 9.44. The highest BCUT2D eigenvalue weighted by atomic mass is 35.5. The molecule has 1 heterocycles. The van der Waals surface area contributed by atoms with E-state index in [1.54, 1.807) is 12.1 Å². The third kappa shape index (κ3) is 5.22. The molecule has 2 aromatic carbocycles. The number of carbonyl (C=O) groups is 1. The highest BCUT2D eigenvalue weighted by Gasteiger charge is 2.12. The predicted molar refractivity (Wildman–Crippen MR) is 109 cm³/mol. The highest BCUT2D eigenvalue weighted by Crippen LogP contribution is 2.27. The van der Waals surface area contributed by atoms with Gasteiger partial charge in [-0.25, -0.2) is 4.98 Å². The molecule has 0 unspecified atom stereocenters. The zero-order valence-electron chi connectivity index (χ0n) is 15.7. The number of primary amides is 1. The molecular weight excluding hydrogens is 380 g/mol. The smallest absolute Gasteiger partial charge is 0.231 e. The summed E-state index contributed by atoms with van der Waals surface area (Å²) in [4.78, 5) is 15.7. The molecule has 0 radical (unpaired) electrons. The van der Waals surface area contributed by atoms with Gasteiger partial charge in [0.15, 0.2) is 0 Å². The van der Waals surface area contributed by atoms with Gasteiger partial charge in [-0.3, -0.25) is 4.79 Å². The molecule has 7 nitrogen and oxygen atoms in total. The van der Waals surface area contributed by atoms with Crippen molar-refractivity contribution >= 4 is 28.5 Å². The standard InChI is InChI=1S/C20H23ClN4O3/c1-2-27-10-9-25-18-11-16(28-15-5-3-14(21)4-6-15)7-8-17(18)24-20(25)13-23-12-19(22)26/h3-8,11,23H,2,9-10,12-13H2,1H3,(H2,22,26). The topological polar surface area (TPSA) is 91.4 Å². The van der Waals surface area contributed by atoms with Crippen LogP contribution in [0.1, 0.15) is 12.7 Å². The van der Waals surface area contributed by atoms with Crippen molar-refractivity contribution in [2.24, 2.45) is 5.73 Å². The number of hydrogen-bond donors (Lipinski definition) is 2. The maximum atomic E-state index is 11.0. The molecule has 1 amide bonds. The van der Waals surface area contributed by atoms with E-state index in [0.717, 1.165) is 16.9 Å². The van der Waals surface area contributed by atoms with E-state index in [1.165, 1.54) is 0 Å². The van der Waals surface area contributed by atoms with Crippen molar-refractivity contribution in [2.75, 3.05) is 19.8 Å². The summed E-state index contributed by atoms with van der Waals surface area (Å²) in [6.45, 7) is 4.33. The maximum absolute atomic E-state index is 11.0. The van der Waals surface area contributed by atoms with Crippen LogP contribution in [0.5, 0.6) is 11.5 Å². The van der Waals surface area contributed by atoms with Crippen LogP contribution in [-0.4, -0.2) is 35.2 Å². The van der Waals surface area contributed by atoms with E-state index in [2.05, 4.69) is 14.9 Å². The molecule has 148 valence electrons. The molecule has 0 aliphatic heterocycles. The number of carbonyl (C=O) groups excluding carboxylic acids is 1. The molecule has 28 heavy (non-hydrogen) atoms.